The van der Waals surface area contributed by atoms with E-state index >= 15 is 0 Å². The highest BCUT2D eigenvalue weighted by Crippen LogP contribution is 2.39. The highest BCUT2D eigenvalue weighted by atomic mass is 16.5. The van der Waals surface area contributed by atoms with Gasteiger partial charge in [0.1, 0.15) is 17.5 Å². The van der Waals surface area contributed by atoms with Gasteiger partial charge >= 0.3 is 0 Å². The lowest BCUT2D eigenvalue weighted by Gasteiger charge is -2.23. The minimum absolute atomic E-state index is 0.305. The lowest BCUT2D eigenvalue weighted by atomic mass is 10.2. The molecule has 106 valence electrons. The number of anilines is 2. The average Bonchev–Trinajstić information content (AvgIpc) is 3.16. The number of aromatic nitrogens is 2. The van der Waals surface area contributed by atoms with Crippen molar-refractivity contribution >= 4 is 11.6 Å². The molecule has 1 aliphatic rings. The van der Waals surface area contributed by atoms with Crippen LogP contribution in [0.2, 0.25) is 0 Å². The van der Waals surface area contributed by atoms with Gasteiger partial charge in [-0.2, -0.15) is 0 Å². The summed E-state index contributed by atoms with van der Waals surface area (Å²) in [6.07, 6.45) is 1.73. The number of hydrogen-bond acceptors (Lipinski definition) is 6. The van der Waals surface area contributed by atoms with Crippen molar-refractivity contribution in [1.82, 2.24) is 9.97 Å². The van der Waals surface area contributed by atoms with Gasteiger partial charge < -0.3 is 20.5 Å². The van der Waals surface area contributed by atoms with Crippen molar-refractivity contribution < 1.29 is 9.84 Å². The predicted molar refractivity (Wildman–Crippen MR) is 74.3 cm³/mol. The summed E-state index contributed by atoms with van der Waals surface area (Å²) >= 11 is 0. The summed E-state index contributed by atoms with van der Waals surface area (Å²) in [6, 6.07) is 0. The second-order valence-electron chi connectivity index (χ2n) is 5.18. The molecule has 1 unspecified atom stereocenters. The Kier molecular flexibility index (Phi) is 4.21. The normalized spacial score (nSPS) is 16.4. The third kappa shape index (κ3) is 3.33. The lowest BCUT2D eigenvalue weighted by Crippen LogP contribution is -2.33. The Morgan fingerprint density at radius 2 is 2.16 bits per heavy atom. The number of nitrogen functional groups attached to an aromatic ring is 1. The monoisotopic (exact) mass is 266 g/mol. The molecular formula is C13H22N4O2. The fourth-order valence-corrected chi connectivity index (χ4v) is 2.08. The second kappa shape index (κ2) is 5.71. The van der Waals surface area contributed by atoms with Crippen molar-refractivity contribution in [2.24, 2.45) is 0 Å². The lowest BCUT2D eigenvalue weighted by molar-refractivity contribution is 0.0694. The van der Waals surface area contributed by atoms with Crippen LogP contribution in [-0.4, -0.2) is 48.5 Å². The number of nitrogens with two attached hydrogens (primary N) is 1. The maximum absolute atomic E-state index is 9.79. The zero-order valence-electron chi connectivity index (χ0n) is 11.8. The van der Waals surface area contributed by atoms with Crippen LogP contribution in [0.25, 0.3) is 0 Å². The fourth-order valence-electron chi connectivity index (χ4n) is 2.08. The molecule has 1 aromatic rings. The molecular weight excluding hydrogens is 244 g/mol. The summed E-state index contributed by atoms with van der Waals surface area (Å²) in [7, 11) is 3.46. The summed E-state index contributed by atoms with van der Waals surface area (Å²) in [5.41, 5.74) is 6.81. The molecule has 0 radical (unpaired) electrons. The number of rotatable bonds is 6. The van der Waals surface area contributed by atoms with Gasteiger partial charge in [0.2, 0.25) is 0 Å². The zero-order chi connectivity index (χ0) is 14.0. The van der Waals surface area contributed by atoms with Crippen LogP contribution in [-0.2, 0) is 4.74 Å². The van der Waals surface area contributed by atoms with Gasteiger partial charge in [0.05, 0.1) is 12.7 Å². The van der Waals surface area contributed by atoms with E-state index in [1.807, 2.05) is 18.9 Å². The molecule has 1 atom stereocenters. The van der Waals surface area contributed by atoms with Gasteiger partial charge in [0.15, 0.2) is 0 Å². The first-order valence-electron chi connectivity index (χ1n) is 6.55. The molecule has 2 rings (SSSR count). The molecule has 0 amide bonds. The molecule has 0 spiro atoms. The second-order valence-corrected chi connectivity index (χ2v) is 5.18. The molecule has 1 fully saturated rings. The molecule has 0 aliphatic heterocycles. The highest BCUT2D eigenvalue weighted by molar-refractivity contribution is 5.56. The predicted octanol–water partition coefficient (Wildman–Crippen LogP) is 0.688. The number of likely N-dealkylation sites (N-methyl/N-ethyl adjacent to an activating group) is 1. The Morgan fingerprint density at radius 1 is 1.47 bits per heavy atom. The van der Waals surface area contributed by atoms with E-state index in [1.165, 1.54) is 0 Å². The number of aliphatic hydroxyl groups is 1. The first kappa shape index (κ1) is 14.0. The van der Waals surface area contributed by atoms with E-state index in [4.69, 9.17) is 10.5 Å². The van der Waals surface area contributed by atoms with Crippen LogP contribution < -0.4 is 10.6 Å². The zero-order valence-corrected chi connectivity index (χ0v) is 11.8. The molecule has 0 bridgehead atoms. The standard InChI is InChI=1S/C13H22N4O2/c1-8-11(14)15-12(9-4-5-9)16-13(8)17(2)6-10(18)7-19-3/h9-10,18H,4-7H2,1-3H3,(H2,14,15,16). The van der Waals surface area contributed by atoms with Crippen molar-refractivity contribution in [3.63, 3.8) is 0 Å². The first-order chi connectivity index (χ1) is 9.02. The maximum Gasteiger partial charge on any atom is 0.137 e. The Bertz CT molecular complexity index is 449. The molecule has 19 heavy (non-hydrogen) atoms. The Labute approximate surface area is 113 Å². The topological polar surface area (TPSA) is 84.5 Å². The Balaban J connectivity index is 2.17. The third-order valence-electron chi connectivity index (χ3n) is 3.32. The summed E-state index contributed by atoms with van der Waals surface area (Å²) in [5, 5.41) is 9.79. The summed E-state index contributed by atoms with van der Waals surface area (Å²) in [6.45, 7) is 2.66. The van der Waals surface area contributed by atoms with Crippen molar-refractivity contribution in [1.29, 1.82) is 0 Å². The number of aliphatic hydroxyl groups excluding tert-OH is 1. The smallest absolute Gasteiger partial charge is 0.137 e. The fraction of sp³-hybridized carbons (Fsp3) is 0.692. The van der Waals surface area contributed by atoms with Gasteiger partial charge in [-0.3, -0.25) is 0 Å². The third-order valence-corrected chi connectivity index (χ3v) is 3.32. The van der Waals surface area contributed by atoms with Gasteiger partial charge in [-0.15, -0.1) is 0 Å². The van der Waals surface area contributed by atoms with Crippen molar-refractivity contribution in [3.8, 4) is 0 Å². The quantitative estimate of drug-likeness (QED) is 0.788. The Hall–Kier alpha value is -1.40. The van der Waals surface area contributed by atoms with Gasteiger partial charge in [0.25, 0.3) is 0 Å². The van der Waals surface area contributed by atoms with E-state index in [9.17, 15) is 5.11 Å². The number of hydrogen-bond donors (Lipinski definition) is 2. The molecule has 1 saturated carbocycles. The molecule has 1 heterocycles. The minimum Gasteiger partial charge on any atom is -0.389 e. The van der Waals surface area contributed by atoms with Crippen LogP contribution in [0.1, 0.15) is 30.1 Å². The number of nitrogens with zero attached hydrogens (tertiary/aromatic N) is 3. The van der Waals surface area contributed by atoms with Crippen LogP contribution >= 0.6 is 0 Å². The molecule has 1 aromatic heterocycles. The molecule has 0 aromatic carbocycles. The SMILES string of the molecule is COCC(O)CN(C)c1nc(C2CC2)nc(N)c1C. The largest absolute Gasteiger partial charge is 0.389 e. The maximum atomic E-state index is 9.79. The van der Waals surface area contributed by atoms with Crippen molar-refractivity contribution in [2.45, 2.75) is 31.8 Å². The molecule has 3 N–H and O–H groups in total. The molecule has 6 heteroatoms. The van der Waals surface area contributed by atoms with Gasteiger partial charge in [0, 0.05) is 32.2 Å². The highest BCUT2D eigenvalue weighted by Gasteiger charge is 2.28. The van der Waals surface area contributed by atoms with Crippen LogP contribution in [0.4, 0.5) is 11.6 Å². The van der Waals surface area contributed by atoms with E-state index in [0.717, 1.165) is 30.0 Å². The van der Waals surface area contributed by atoms with Crippen molar-refractivity contribution in [3.05, 3.63) is 11.4 Å². The summed E-state index contributed by atoms with van der Waals surface area (Å²) in [5.74, 6) is 2.61. The summed E-state index contributed by atoms with van der Waals surface area (Å²) in [4.78, 5) is 10.8. The van der Waals surface area contributed by atoms with E-state index in [0.29, 0.717) is 24.9 Å². The van der Waals surface area contributed by atoms with Crippen LogP contribution in [0.3, 0.4) is 0 Å². The average molecular weight is 266 g/mol. The molecule has 1 aliphatic carbocycles. The van der Waals surface area contributed by atoms with Crippen LogP contribution in [0, 0.1) is 6.92 Å². The van der Waals surface area contributed by atoms with E-state index in [-0.39, 0.29) is 0 Å². The summed E-state index contributed by atoms with van der Waals surface area (Å²) < 4.78 is 4.93. The first-order valence-corrected chi connectivity index (χ1v) is 6.55. The Morgan fingerprint density at radius 3 is 2.74 bits per heavy atom. The van der Waals surface area contributed by atoms with Gasteiger partial charge in [-0.25, -0.2) is 9.97 Å². The van der Waals surface area contributed by atoms with Crippen LogP contribution in [0.5, 0.6) is 0 Å². The van der Waals surface area contributed by atoms with E-state index < -0.39 is 6.10 Å². The molecule has 6 nitrogen and oxygen atoms in total. The minimum atomic E-state index is -0.546. The van der Waals surface area contributed by atoms with Crippen molar-refractivity contribution in [2.75, 3.05) is 37.9 Å². The molecule has 0 saturated heterocycles. The number of methoxy groups -OCH3 is 1. The van der Waals surface area contributed by atoms with Gasteiger partial charge in [-0.05, 0) is 19.8 Å². The van der Waals surface area contributed by atoms with Crippen LogP contribution in [0.15, 0.2) is 0 Å². The van der Waals surface area contributed by atoms with E-state index in [2.05, 4.69) is 9.97 Å². The van der Waals surface area contributed by atoms with Gasteiger partial charge in [-0.1, -0.05) is 0 Å². The number of ether oxygens (including phenoxy) is 1. The van der Waals surface area contributed by atoms with E-state index in [1.54, 1.807) is 7.11 Å².